The summed E-state index contributed by atoms with van der Waals surface area (Å²) in [4.78, 5) is 11.0. The van der Waals surface area contributed by atoms with E-state index in [1.807, 2.05) is 25.1 Å². The predicted octanol–water partition coefficient (Wildman–Crippen LogP) is 1.86. The number of nitrogens with one attached hydrogen (secondary N) is 1. The van der Waals surface area contributed by atoms with Crippen LogP contribution < -0.4 is 10.1 Å². The Bertz CT molecular complexity index is 352. The van der Waals surface area contributed by atoms with Gasteiger partial charge in [-0.3, -0.25) is 4.79 Å². The molecule has 82 valence electrons. The van der Waals surface area contributed by atoms with Gasteiger partial charge in [-0.05, 0) is 18.6 Å². The fourth-order valence-corrected chi connectivity index (χ4v) is 1.33. The second-order valence-electron chi connectivity index (χ2n) is 3.23. The van der Waals surface area contributed by atoms with Crippen LogP contribution >= 0.6 is 11.6 Å². The molecule has 0 spiro atoms. The molecule has 1 aromatic rings. The summed E-state index contributed by atoms with van der Waals surface area (Å²) in [6, 6.07) is 5.84. The lowest BCUT2D eigenvalue weighted by molar-refractivity contribution is -0.118. The van der Waals surface area contributed by atoms with E-state index in [4.69, 9.17) is 16.3 Å². The summed E-state index contributed by atoms with van der Waals surface area (Å²) in [6.45, 7) is 2.43. The summed E-state index contributed by atoms with van der Waals surface area (Å²) in [5.41, 5.74) is 2.07. The highest BCUT2D eigenvalue weighted by Gasteiger charge is 2.04. The number of hydrogen-bond donors (Lipinski definition) is 1. The molecular weight excluding hydrogens is 214 g/mol. The number of carbonyl (C=O) groups is 1. The average molecular weight is 228 g/mol. The van der Waals surface area contributed by atoms with Crippen LogP contribution in [-0.2, 0) is 11.3 Å². The van der Waals surface area contributed by atoms with Crippen molar-refractivity contribution in [2.75, 3.05) is 13.0 Å². The van der Waals surface area contributed by atoms with Crippen molar-refractivity contribution in [2.45, 2.75) is 13.5 Å². The summed E-state index contributed by atoms with van der Waals surface area (Å²) in [7, 11) is 1.61. The van der Waals surface area contributed by atoms with Crippen molar-refractivity contribution >= 4 is 17.5 Å². The van der Waals surface area contributed by atoms with Crippen LogP contribution in [0.4, 0.5) is 0 Å². The minimum atomic E-state index is -0.181. The second kappa shape index (κ2) is 5.61. The number of amides is 1. The Morgan fingerprint density at radius 2 is 2.27 bits per heavy atom. The molecule has 1 aromatic carbocycles. The van der Waals surface area contributed by atoms with Gasteiger partial charge in [0, 0.05) is 12.1 Å². The number of hydrogen-bond acceptors (Lipinski definition) is 2. The number of halogens is 1. The zero-order valence-electron chi connectivity index (χ0n) is 8.84. The topological polar surface area (TPSA) is 38.3 Å². The summed E-state index contributed by atoms with van der Waals surface area (Å²) in [6.07, 6.45) is 0. The van der Waals surface area contributed by atoms with Gasteiger partial charge < -0.3 is 10.1 Å². The minimum Gasteiger partial charge on any atom is -0.496 e. The van der Waals surface area contributed by atoms with Crippen LogP contribution in [0.3, 0.4) is 0 Å². The number of carbonyl (C=O) groups excluding carboxylic acids is 1. The number of rotatable bonds is 4. The van der Waals surface area contributed by atoms with Crippen LogP contribution in [-0.4, -0.2) is 18.9 Å². The molecule has 0 bridgehead atoms. The molecule has 1 rings (SSSR count). The van der Waals surface area contributed by atoms with Crippen LogP contribution in [0.5, 0.6) is 5.75 Å². The molecule has 0 aliphatic rings. The van der Waals surface area contributed by atoms with E-state index in [1.165, 1.54) is 0 Å². The van der Waals surface area contributed by atoms with Gasteiger partial charge in [-0.2, -0.15) is 0 Å². The van der Waals surface area contributed by atoms with Crippen molar-refractivity contribution in [1.29, 1.82) is 0 Å². The molecule has 0 unspecified atom stereocenters. The van der Waals surface area contributed by atoms with E-state index in [9.17, 15) is 4.79 Å². The normalized spacial score (nSPS) is 9.80. The fraction of sp³-hybridized carbons (Fsp3) is 0.364. The van der Waals surface area contributed by atoms with Crippen LogP contribution in [0, 0.1) is 6.92 Å². The smallest absolute Gasteiger partial charge is 0.235 e. The number of ether oxygens (including phenoxy) is 1. The van der Waals surface area contributed by atoms with Gasteiger partial charge in [-0.1, -0.05) is 12.1 Å². The highest BCUT2D eigenvalue weighted by Crippen LogP contribution is 2.19. The van der Waals surface area contributed by atoms with E-state index in [0.29, 0.717) is 6.54 Å². The first kappa shape index (κ1) is 11.9. The second-order valence-corrected chi connectivity index (χ2v) is 3.49. The van der Waals surface area contributed by atoms with Crippen molar-refractivity contribution in [3.05, 3.63) is 29.3 Å². The minimum absolute atomic E-state index is 0.0197. The summed E-state index contributed by atoms with van der Waals surface area (Å²) >= 11 is 5.37. The van der Waals surface area contributed by atoms with E-state index < -0.39 is 0 Å². The molecular formula is C11H14ClNO2. The highest BCUT2D eigenvalue weighted by molar-refractivity contribution is 6.27. The van der Waals surface area contributed by atoms with Gasteiger partial charge in [-0.25, -0.2) is 0 Å². The van der Waals surface area contributed by atoms with Gasteiger partial charge in [0.05, 0.1) is 7.11 Å². The van der Waals surface area contributed by atoms with E-state index in [1.54, 1.807) is 7.11 Å². The standard InChI is InChI=1S/C11H14ClNO2/c1-8-3-4-9(10(5-8)15-2)7-13-11(14)6-12/h3-5H,6-7H2,1-2H3,(H,13,14). The number of aryl methyl sites for hydroxylation is 1. The first-order valence-corrected chi connectivity index (χ1v) is 5.17. The first-order chi connectivity index (χ1) is 7.17. The quantitative estimate of drug-likeness (QED) is 0.798. The summed E-state index contributed by atoms with van der Waals surface area (Å²) in [5.74, 6) is 0.581. The van der Waals surface area contributed by atoms with E-state index in [0.717, 1.165) is 16.9 Å². The molecule has 0 aliphatic carbocycles. The number of methoxy groups -OCH3 is 1. The van der Waals surface area contributed by atoms with Gasteiger partial charge >= 0.3 is 0 Å². The molecule has 0 fully saturated rings. The molecule has 15 heavy (non-hydrogen) atoms. The van der Waals surface area contributed by atoms with E-state index >= 15 is 0 Å². The predicted molar refractivity (Wildman–Crippen MR) is 60.3 cm³/mol. The molecule has 0 aromatic heterocycles. The molecule has 0 atom stereocenters. The van der Waals surface area contributed by atoms with Crippen molar-refractivity contribution < 1.29 is 9.53 Å². The molecule has 0 radical (unpaired) electrons. The van der Waals surface area contributed by atoms with Crippen LogP contribution in [0.15, 0.2) is 18.2 Å². The third kappa shape index (κ3) is 3.44. The monoisotopic (exact) mass is 227 g/mol. The lowest BCUT2D eigenvalue weighted by atomic mass is 10.1. The zero-order chi connectivity index (χ0) is 11.3. The number of benzene rings is 1. The molecule has 1 N–H and O–H groups in total. The third-order valence-corrected chi connectivity index (χ3v) is 2.28. The summed E-state index contributed by atoms with van der Waals surface area (Å²) in [5, 5.41) is 2.69. The molecule has 0 aliphatic heterocycles. The maximum atomic E-state index is 11.0. The molecule has 4 heteroatoms. The van der Waals surface area contributed by atoms with Gasteiger partial charge in [-0.15, -0.1) is 11.6 Å². The highest BCUT2D eigenvalue weighted by atomic mass is 35.5. The SMILES string of the molecule is COc1cc(C)ccc1CNC(=O)CCl. The van der Waals surface area contributed by atoms with Crippen molar-refractivity contribution in [3.63, 3.8) is 0 Å². The van der Waals surface area contributed by atoms with Crippen LogP contribution in [0.2, 0.25) is 0 Å². The Kier molecular flexibility index (Phi) is 4.43. The van der Waals surface area contributed by atoms with Gasteiger partial charge in [0.2, 0.25) is 5.91 Å². The zero-order valence-corrected chi connectivity index (χ0v) is 9.60. The Labute approximate surface area is 94.4 Å². The maximum absolute atomic E-state index is 11.0. The lowest BCUT2D eigenvalue weighted by Gasteiger charge is -2.09. The van der Waals surface area contributed by atoms with E-state index in [2.05, 4.69) is 5.32 Å². The first-order valence-electron chi connectivity index (χ1n) is 4.63. The van der Waals surface area contributed by atoms with E-state index in [-0.39, 0.29) is 11.8 Å². The fourth-order valence-electron chi connectivity index (χ4n) is 1.24. The molecule has 3 nitrogen and oxygen atoms in total. The number of alkyl halides is 1. The Morgan fingerprint density at radius 3 is 2.87 bits per heavy atom. The van der Waals surface area contributed by atoms with Crippen molar-refractivity contribution in [3.8, 4) is 5.75 Å². The van der Waals surface area contributed by atoms with Gasteiger partial charge in [0.25, 0.3) is 0 Å². The Balaban J connectivity index is 2.72. The molecule has 0 heterocycles. The van der Waals surface area contributed by atoms with Crippen LogP contribution in [0.25, 0.3) is 0 Å². The Morgan fingerprint density at radius 1 is 1.53 bits per heavy atom. The average Bonchev–Trinajstić information content (AvgIpc) is 2.26. The molecule has 0 saturated heterocycles. The third-order valence-electron chi connectivity index (χ3n) is 2.04. The van der Waals surface area contributed by atoms with Crippen molar-refractivity contribution in [2.24, 2.45) is 0 Å². The van der Waals surface area contributed by atoms with Gasteiger partial charge in [0.15, 0.2) is 0 Å². The molecule has 0 saturated carbocycles. The van der Waals surface area contributed by atoms with Crippen molar-refractivity contribution in [1.82, 2.24) is 5.32 Å². The molecule has 1 amide bonds. The maximum Gasteiger partial charge on any atom is 0.235 e. The van der Waals surface area contributed by atoms with Crippen LogP contribution in [0.1, 0.15) is 11.1 Å². The lowest BCUT2D eigenvalue weighted by Crippen LogP contribution is -2.23. The largest absolute Gasteiger partial charge is 0.496 e. The Hall–Kier alpha value is -1.22. The van der Waals surface area contributed by atoms with Gasteiger partial charge in [0.1, 0.15) is 11.6 Å². The summed E-state index contributed by atoms with van der Waals surface area (Å²) < 4.78 is 5.21.